The van der Waals surface area contributed by atoms with Crippen LogP contribution in [0.3, 0.4) is 0 Å². The molecule has 0 saturated carbocycles. The molecule has 4 nitrogen and oxygen atoms in total. The molecule has 0 radical (unpaired) electrons. The molecule has 2 unspecified atom stereocenters. The first-order chi connectivity index (χ1) is 14.1. The Balaban J connectivity index is 1.45. The molecule has 0 aliphatic heterocycles. The summed E-state index contributed by atoms with van der Waals surface area (Å²) in [5.41, 5.74) is 3.57. The normalized spacial score (nSPS) is 17.9. The number of para-hydroxylation sites is 1. The van der Waals surface area contributed by atoms with Gasteiger partial charge in [0, 0.05) is 12.0 Å². The minimum atomic E-state index is 0.137. The van der Waals surface area contributed by atoms with Crippen molar-refractivity contribution in [3.05, 3.63) is 83.6 Å². The van der Waals surface area contributed by atoms with Gasteiger partial charge in [-0.2, -0.15) is 0 Å². The maximum atomic E-state index is 6.37. The van der Waals surface area contributed by atoms with E-state index in [1.165, 1.54) is 11.1 Å². The summed E-state index contributed by atoms with van der Waals surface area (Å²) < 4.78 is 17.6. The van der Waals surface area contributed by atoms with E-state index in [1.807, 2.05) is 54.6 Å². The van der Waals surface area contributed by atoms with E-state index in [4.69, 9.17) is 14.2 Å². The van der Waals surface area contributed by atoms with Crippen LogP contribution in [-0.2, 0) is 17.8 Å². The second-order valence-electron chi connectivity index (χ2n) is 7.77. The van der Waals surface area contributed by atoms with Crippen molar-refractivity contribution < 1.29 is 14.2 Å². The minimum Gasteiger partial charge on any atom is -0.497 e. The highest BCUT2D eigenvalue weighted by Crippen LogP contribution is 2.41. The van der Waals surface area contributed by atoms with Crippen LogP contribution in [0.4, 0.5) is 0 Å². The Kier molecular flexibility index (Phi) is 5.81. The highest BCUT2D eigenvalue weighted by molar-refractivity contribution is 5.43. The molecule has 0 N–H and O–H groups in total. The van der Waals surface area contributed by atoms with Crippen LogP contribution < -0.4 is 9.47 Å². The Bertz CT molecular complexity index is 955. The molecule has 150 valence electrons. The average molecular weight is 389 g/mol. The molecular weight excluding hydrogens is 362 g/mol. The smallest absolute Gasteiger partial charge is 0.219 e. The zero-order valence-corrected chi connectivity index (χ0v) is 17.2. The van der Waals surface area contributed by atoms with Crippen LogP contribution in [0.1, 0.15) is 36.6 Å². The lowest BCUT2D eigenvalue weighted by Crippen LogP contribution is -2.22. The molecule has 0 spiro atoms. The molecule has 4 rings (SSSR count). The van der Waals surface area contributed by atoms with Gasteiger partial charge in [0.25, 0.3) is 0 Å². The van der Waals surface area contributed by atoms with Gasteiger partial charge in [-0.25, -0.2) is 4.98 Å². The molecule has 2 aromatic carbocycles. The Labute approximate surface area is 172 Å². The van der Waals surface area contributed by atoms with Gasteiger partial charge in [0.1, 0.15) is 11.5 Å². The van der Waals surface area contributed by atoms with Crippen molar-refractivity contribution in [1.82, 2.24) is 4.98 Å². The third kappa shape index (κ3) is 4.43. The van der Waals surface area contributed by atoms with Gasteiger partial charge in [0.05, 0.1) is 25.5 Å². The molecule has 0 saturated heterocycles. The van der Waals surface area contributed by atoms with E-state index in [1.54, 1.807) is 7.11 Å². The molecule has 29 heavy (non-hydrogen) atoms. The maximum Gasteiger partial charge on any atom is 0.219 e. The fourth-order valence-electron chi connectivity index (χ4n) is 4.10. The monoisotopic (exact) mass is 389 g/mol. The highest BCUT2D eigenvalue weighted by atomic mass is 16.5. The van der Waals surface area contributed by atoms with E-state index in [-0.39, 0.29) is 6.10 Å². The molecular formula is C25H27NO3. The summed E-state index contributed by atoms with van der Waals surface area (Å²) in [6, 6.07) is 21.9. The summed E-state index contributed by atoms with van der Waals surface area (Å²) in [5.74, 6) is 3.13. The fourth-order valence-corrected chi connectivity index (χ4v) is 4.10. The van der Waals surface area contributed by atoms with Crippen molar-refractivity contribution in [1.29, 1.82) is 0 Å². The van der Waals surface area contributed by atoms with Crippen molar-refractivity contribution in [3.63, 3.8) is 0 Å². The third-order valence-electron chi connectivity index (χ3n) is 5.44. The molecule has 1 aromatic heterocycles. The second kappa shape index (κ2) is 8.66. The van der Waals surface area contributed by atoms with Crippen LogP contribution in [0, 0.1) is 5.92 Å². The third-order valence-corrected chi connectivity index (χ3v) is 5.44. The van der Waals surface area contributed by atoms with Gasteiger partial charge in [-0.3, -0.25) is 0 Å². The number of benzene rings is 2. The summed E-state index contributed by atoms with van der Waals surface area (Å²) in [7, 11) is 1.71. The van der Waals surface area contributed by atoms with Crippen molar-refractivity contribution in [2.24, 2.45) is 5.92 Å². The SMILES string of the molecule is COc1ccc2c(c1)CC(OCc1cccc(Oc3ccccc3)n1)C2C(C)C. The Morgan fingerprint density at radius 2 is 1.79 bits per heavy atom. The second-order valence-corrected chi connectivity index (χ2v) is 7.77. The molecule has 1 aliphatic rings. The molecule has 0 amide bonds. The zero-order valence-electron chi connectivity index (χ0n) is 17.2. The molecule has 2 atom stereocenters. The summed E-state index contributed by atoms with van der Waals surface area (Å²) in [6.45, 7) is 4.98. The van der Waals surface area contributed by atoms with Gasteiger partial charge >= 0.3 is 0 Å². The number of methoxy groups -OCH3 is 1. The highest BCUT2D eigenvalue weighted by Gasteiger charge is 2.35. The van der Waals surface area contributed by atoms with Crippen molar-refractivity contribution in [2.45, 2.75) is 38.9 Å². The van der Waals surface area contributed by atoms with Gasteiger partial charge < -0.3 is 14.2 Å². The van der Waals surface area contributed by atoms with E-state index < -0.39 is 0 Å². The van der Waals surface area contributed by atoms with E-state index in [9.17, 15) is 0 Å². The van der Waals surface area contributed by atoms with E-state index in [0.29, 0.717) is 24.3 Å². The number of nitrogens with zero attached hydrogens (tertiary/aromatic N) is 1. The molecule has 0 bridgehead atoms. The number of hydrogen-bond acceptors (Lipinski definition) is 4. The standard InChI is InChI=1S/C25H27NO3/c1-17(2)25-22-13-12-21(27-3)14-18(22)15-23(25)28-16-19-8-7-11-24(26-19)29-20-9-5-4-6-10-20/h4-14,17,23,25H,15-16H2,1-3H3. The van der Waals surface area contributed by atoms with Gasteiger partial charge in [-0.15, -0.1) is 0 Å². The number of rotatable bonds is 7. The lowest BCUT2D eigenvalue weighted by Gasteiger charge is -2.24. The van der Waals surface area contributed by atoms with Crippen LogP contribution in [0.2, 0.25) is 0 Å². The summed E-state index contributed by atoms with van der Waals surface area (Å²) >= 11 is 0. The molecule has 3 aromatic rings. The Hall–Kier alpha value is -2.85. The minimum absolute atomic E-state index is 0.137. The topological polar surface area (TPSA) is 40.6 Å². The maximum absolute atomic E-state index is 6.37. The molecule has 4 heteroatoms. The lowest BCUT2D eigenvalue weighted by atomic mass is 9.88. The number of fused-ring (bicyclic) bond motifs is 1. The summed E-state index contributed by atoms with van der Waals surface area (Å²) in [4.78, 5) is 4.61. The fraction of sp³-hybridized carbons (Fsp3) is 0.320. The average Bonchev–Trinajstić information content (AvgIpc) is 3.11. The quantitative estimate of drug-likeness (QED) is 0.515. The van der Waals surface area contributed by atoms with Crippen LogP contribution in [0.15, 0.2) is 66.7 Å². The largest absolute Gasteiger partial charge is 0.497 e. The molecule has 1 aliphatic carbocycles. The number of aromatic nitrogens is 1. The van der Waals surface area contributed by atoms with Crippen LogP contribution >= 0.6 is 0 Å². The predicted molar refractivity (Wildman–Crippen MR) is 114 cm³/mol. The van der Waals surface area contributed by atoms with Crippen LogP contribution in [0.25, 0.3) is 0 Å². The first-order valence-corrected chi connectivity index (χ1v) is 10.1. The zero-order chi connectivity index (χ0) is 20.2. The Morgan fingerprint density at radius 1 is 0.966 bits per heavy atom. The van der Waals surface area contributed by atoms with Crippen LogP contribution in [-0.4, -0.2) is 18.2 Å². The van der Waals surface area contributed by atoms with Crippen molar-refractivity contribution >= 4 is 0 Å². The lowest BCUT2D eigenvalue weighted by molar-refractivity contribution is 0.0186. The Morgan fingerprint density at radius 3 is 2.55 bits per heavy atom. The van der Waals surface area contributed by atoms with Crippen molar-refractivity contribution in [3.8, 4) is 17.4 Å². The number of hydrogen-bond donors (Lipinski definition) is 0. The van der Waals surface area contributed by atoms with Gasteiger partial charge in [0.15, 0.2) is 0 Å². The van der Waals surface area contributed by atoms with Crippen LogP contribution in [0.5, 0.6) is 17.4 Å². The van der Waals surface area contributed by atoms with E-state index in [0.717, 1.165) is 23.6 Å². The number of pyridine rings is 1. The first-order valence-electron chi connectivity index (χ1n) is 10.1. The van der Waals surface area contributed by atoms with E-state index in [2.05, 4.69) is 31.0 Å². The molecule has 0 fully saturated rings. The van der Waals surface area contributed by atoms with Gasteiger partial charge in [-0.05, 0) is 53.8 Å². The summed E-state index contributed by atoms with van der Waals surface area (Å²) in [5, 5.41) is 0. The van der Waals surface area contributed by atoms with E-state index >= 15 is 0 Å². The van der Waals surface area contributed by atoms with Gasteiger partial charge in [-0.1, -0.05) is 44.2 Å². The van der Waals surface area contributed by atoms with Crippen molar-refractivity contribution in [2.75, 3.05) is 7.11 Å². The summed E-state index contributed by atoms with van der Waals surface area (Å²) in [6.07, 6.45) is 1.04. The van der Waals surface area contributed by atoms with Gasteiger partial charge in [0.2, 0.25) is 5.88 Å². The predicted octanol–water partition coefficient (Wildman–Crippen LogP) is 5.76. The molecule has 1 heterocycles. The first kappa shape index (κ1) is 19.5. The number of ether oxygens (including phenoxy) is 3.